The Bertz CT molecular complexity index is 513. The lowest BCUT2D eigenvalue weighted by atomic mass is 10.2. The first-order chi connectivity index (χ1) is 6.83. The minimum atomic E-state index is 0.298. The summed E-state index contributed by atoms with van der Waals surface area (Å²) in [4.78, 5) is 4.28. The predicted octanol–water partition coefficient (Wildman–Crippen LogP) is 2.73. The Morgan fingerprint density at radius 1 is 1.14 bits per heavy atom. The third-order valence-corrected chi connectivity index (χ3v) is 2.58. The first-order valence-electron chi connectivity index (χ1n) is 4.18. The average molecular weight is 252 g/mol. The van der Waals surface area contributed by atoms with E-state index in [1.807, 2.05) is 18.2 Å². The van der Waals surface area contributed by atoms with Crippen molar-refractivity contribution >= 4 is 26.8 Å². The highest BCUT2D eigenvalue weighted by Crippen LogP contribution is 2.35. The molecule has 70 valence electrons. The Balaban J connectivity index is 2.33. The van der Waals surface area contributed by atoms with Crippen molar-refractivity contribution in [2.24, 2.45) is 0 Å². The molecule has 4 heteroatoms. The van der Waals surface area contributed by atoms with Crippen LogP contribution in [0.25, 0.3) is 10.9 Å². The Morgan fingerprint density at radius 3 is 2.79 bits per heavy atom. The molecule has 0 N–H and O–H groups in total. The second-order valence-corrected chi connectivity index (χ2v) is 3.97. The third kappa shape index (κ3) is 1.14. The summed E-state index contributed by atoms with van der Waals surface area (Å²) in [5.41, 5.74) is 0.914. The molecule has 0 atom stereocenters. The molecular formula is C10H6BrNO2. The summed E-state index contributed by atoms with van der Waals surface area (Å²) >= 11 is 3.38. The van der Waals surface area contributed by atoms with Crippen molar-refractivity contribution in [3.63, 3.8) is 0 Å². The van der Waals surface area contributed by atoms with Crippen molar-refractivity contribution in [2.75, 3.05) is 6.79 Å². The van der Waals surface area contributed by atoms with E-state index in [4.69, 9.17) is 9.47 Å². The number of aromatic nitrogens is 1. The van der Waals surface area contributed by atoms with Gasteiger partial charge in [0.15, 0.2) is 11.5 Å². The molecule has 1 aromatic carbocycles. The normalized spacial score (nSPS) is 13.5. The molecule has 3 nitrogen and oxygen atoms in total. The number of fused-ring (bicyclic) bond motifs is 2. The molecule has 0 bridgehead atoms. The van der Waals surface area contributed by atoms with Gasteiger partial charge in [0.25, 0.3) is 0 Å². The van der Waals surface area contributed by atoms with E-state index in [9.17, 15) is 0 Å². The van der Waals surface area contributed by atoms with Crippen molar-refractivity contribution in [1.29, 1.82) is 0 Å². The Hall–Kier alpha value is -1.29. The van der Waals surface area contributed by atoms with Gasteiger partial charge in [-0.25, -0.2) is 0 Å². The second-order valence-electron chi connectivity index (χ2n) is 3.05. The van der Waals surface area contributed by atoms with Gasteiger partial charge in [0.05, 0.1) is 5.52 Å². The van der Waals surface area contributed by atoms with E-state index in [2.05, 4.69) is 20.9 Å². The van der Waals surface area contributed by atoms with Gasteiger partial charge in [-0.3, -0.25) is 4.98 Å². The van der Waals surface area contributed by atoms with Gasteiger partial charge in [-0.15, -0.1) is 0 Å². The Labute approximate surface area is 88.8 Å². The topological polar surface area (TPSA) is 31.4 Å². The van der Waals surface area contributed by atoms with Gasteiger partial charge >= 0.3 is 0 Å². The zero-order chi connectivity index (χ0) is 9.54. The monoisotopic (exact) mass is 251 g/mol. The zero-order valence-corrected chi connectivity index (χ0v) is 8.74. The Kier molecular flexibility index (Phi) is 1.64. The van der Waals surface area contributed by atoms with Gasteiger partial charge in [0.1, 0.15) is 0 Å². The summed E-state index contributed by atoms with van der Waals surface area (Å²) in [6, 6.07) is 5.84. The van der Waals surface area contributed by atoms with E-state index in [1.54, 1.807) is 6.20 Å². The molecule has 0 unspecified atom stereocenters. The summed E-state index contributed by atoms with van der Waals surface area (Å²) in [6.45, 7) is 0.298. The minimum Gasteiger partial charge on any atom is -0.454 e. The van der Waals surface area contributed by atoms with Crippen LogP contribution >= 0.6 is 15.9 Å². The fourth-order valence-corrected chi connectivity index (χ4v) is 1.84. The lowest BCUT2D eigenvalue weighted by Crippen LogP contribution is -1.92. The molecule has 0 saturated carbocycles. The van der Waals surface area contributed by atoms with Crippen LogP contribution in [0.3, 0.4) is 0 Å². The molecule has 3 rings (SSSR count). The summed E-state index contributed by atoms with van der Waals surface area (Å²) in [6.07, 6.45) is 1.77. The fourth-order valence-electron chi connectivity index (χ4n) is 1.49. The van der Waals surface area contributed by atoms with Crippen molar-refractivity contribution in [1.82, 2.24) is 4.98 Å². The highest BCUT2D eigenvalue weighted by atomic mass is 79.9. The van der Waals surface area contributed by atoms with Gasteiger partial charge in [-0.2, -0.15) is 0 Å². The molecule has 0 amide bonds. The summed E-state index contributed by atoms with van der Waals surface area (Å²) in [5, 5.41) is 1.05. The van der Waals surface area contributed by atoms with Crippen LogP contribution in [-0.4, -0.2) is 11.8 Å². The molecule has 0 spiro atoms. The van der Waals surface area contributed by atoms with E-state index in [1.165, 1.54) is 0 Å². The molecule has 1 aliphatic rings. The van der Waals surface area contributed by atoms with Crippen molar-refractivity contribution in [3.8, 4) is 11.5 Å². The van der Waals surface area contributed by atoms with Gasteiger partial charge in [-0.05, 0) is 28.1 Å². The smallest absolute Gasteiger partial charge is 0.231 e. The van der Waals surface area contributed by atoms with Crippen LogP contribution in [0.2, 0.25) is 0 Å². The molecule has 0 saturated heterocycles. The minimum absolute atomic E-state index is 0.298. The van der Waals surface area contributed by atoms with Crippen molar-refractivity contribution in [2.45, 2.75) is 0 Å². The van der Waals surface area contributed by atoms with Gasteiger partial charge < -0.3 is 9.47 Å². The maximum Gasteiger partial charge on any atom is 0.231 e. The maximum absolute atomic E-state index is 5.28. The SMILES string of the molecule is Brc1cnc2cc3c(cc2c1)OCO3. The van der Waals surface area contributed by atoms with Crippen LogP contribution in [0, 0.1) is 0 Å². The molecular weight excluding hydrogens is 246 g/mol. The number of halogens is 1. The second kappa shape index (κ2) is 2.85. The van der Waals surface area contributed by atoms with E-state index < -0.39 is 0 Å². The van der Waals surface area contributed by atoms with E-state index >= 15 is 0 Å². The number of benzene rings is 1. The molecule has 0 radical (unpaired) electrons. The summed E-state index contributed by atoms with van der Waals surface area (Å²) < 4.78 is 11.5. The van der Waals surface area contributed by atoms with Crippen LogP contribution in [0.4, 0.5) is 0 Å². The maximum atomic E-state index is 5.28. The van der Waals surface area contributed by atoms with Crippen LogP contribution in [0.5, 0.6) is 11.5 Å². The molecule has 2 aromatic rings. The lowest BCUT2D eigenvalue weighted by Gasteiger charge is -2.00. The highest BCUT2D eigenvalue weighted by molar-refractivity contribution is 9.10. The first kappa shape index (κ1) is 8.05. The number of hydrogen-bond donors (Lipinski definition) is 0. The quantitative estimate of drug-likeness (QED) is 0.722. The molecule has 1 aliphatic heterocycles. The summed E-state index contributed by atoms with van der Waals surface area (Å²) in [5.74, 6) is 1.56. The predicted molar refractivity (Wildman–Crippen MR) is 55.6 cm³/mol. The van der Waals surface area contributed by atoms with Crippen LogP contribution in [-0.2, 0) is 0 Å². The first-order valence-corrected chi connectivity index (χ1v) is 4.97. The van der Waals surface area contributed by atoms with Gasteiger partial charge in [0, 0.05) is 22.1 Å². The number of rotatable bonds is 0. The van der Waals surface area contributed by atoms with Crippen LogP contribution in [0.1, 0.15) is 0 Å². The Morgan fingerprint density at radius 2 is 1.93 bits per heavy atom. The van der Waals surface area contributed by atoms with Gasteiger partial charge in [-0.1, -0.05) is 0 Å². The molecule has 0 fully saturated rings. The van der Waals surface area contributed by atoms with Crippen molar-refractivity contribution < 1.29 is 9.47 Å². The molecule has 14 heavy (non-hydrogen) atoms. The van der Waals surface area contributed by atoms with E-state index in [0.29, 0.717) is 6.79 Å². The molecule has 0 aliphatic carbocycles. The standard InChI is InChI=1S/C10H6BrNO2/c11-7-1-6-2-9-10(14-5-13-9)3-8(6)12-4-7/h1-4H,5H2. The van der Waals surface area contributed by atoms with Gasteiger partial charge in [0.2, 0.25) is 6.79 Å². The van der Waals surface area contributed by atoms with Crippen molar-refractivity contribution in [3.05, 3.63) is 28.9 Å². The number of ether oxygens (including phenoxy) is 2. The number of pyridine rings is 1. The zero-order valence-electron chi connectivity index (χ0n) is 7.16. The van der Waals surface area contributed by atoms with E-state index in [0.717, 1.165) is 26.9 Å². The third-order valence-electron chi connectivity index (χ3n) is 2.14. The number of hydrogen-bond acceptors (Lipinski definition) is 3. The van der Waals surface area contributed by atoms with E-state index in [-0.39, 0.29) is 0 Å². The van der Waals surface area contributed by atoms with Crippen LogP contribution in [0.15, 0.2) is 28.9 Å². The van der Waals surface area contributed by atoms with Crippen LogP contribution < -0.4 is 9.47 Å². The highest BCUT2D eigenvalue weighted by Gasteiger charge is 2.14. The summed E-state index contributed by atoms with van der Waals surface area (Å²) in [7, 11) is 0. The fraction of sp³-hybridized carbons (Fsp3) is 0.100. The number of nitrogens with zero attached hydrogens (tertiary/aromatic N) is 1. The molecule has 2 heterocycles. The molecule has 1 aromatic heterocycles. The largest absolute Gasteiger partial charge is 0.454 e. The average Bonchev–Trinajstić information content (AvgIpc) is 2.61. The lowest BCUT2D eigenvalue weighted by molar-refractivity contribution is 0.174.